The zero-order chi connectivity index (χ0) is 9.26. The molecule has 1 aromatic heterocycles. The topological polar surface area (TPSA) is 26.0 Å². The monoisotopic (exact) mass is 301 g/mol. The predicted molar refractivity (Wildman–Crippen MR) is 57.3 cm³/mol. The molecule has 0 amide bonds. The Morgan fingerprint density at radius 1 is 1.23 bits per heavy atom. The van der Waals surface area contributed by atoms with Crippen LogP contribution in [0.4, 0.5) is 0 Å². The maximum Gasteiger partial charge on any atom is 0.227 e. The number of hydrogen-bond donors (Lipinski definition) is 0. The zero-order valence-corrected chi connectivity index (χ0v) is 9.67. The van der Waals surface area contributed by atoms with Gasteiger partial charge in [-0.25, -0.2) is 4.98 Å². The van der Waals surface area contributed by atoms with E-state index in [0.29, 0.717) is 5.89 Å². The second-order valence-corrected chi connectivity index (χ2v) is 4.09. The number of halogens is 2. The summed E-state index contributed by atoms with van der Waals surface area (Å²) in [5, 5.41) is 0. The van der Waals surface area contributed by atoms with Crippen LogP contribution in [-0.4, -0.2) is 4.98 Å². The third-order valence-electron chi connectivity index (χ3n) is 1.61. The average Bonchev–Trinajstić information content (AvgIpc) is 2.62. The lowest BCUT2D eigenvalue weighted by molar-refractivity contribution is 0.574. The molecular formula is C9H5Br2NO. The first kappa shape index (κ1) is 8.97. The van der Waals surface area contributed by atoms with Crippen LogP contribution in [-0.2, 0) is 0 Å². The van der Waals surface area contributed by atoms with E-state index in [0.717, 1.165) is 14.5 Å². The van der Waals surface area contributed by atoms with Crippen molar-refractivity contribution in [2.45, 2.75) is 0 Å². The molecule has 2 nitrogen and oxygen atoms in total. The maximum atomic E-state index is 5.19. The molecule has 66 valence electrons. The molecule has 1 aromatic carbocycles. The minimum atomic E-state index is 0.619. The van der Waals surface area contributed by atoms with Crippen molar-refractivity contribution in [2.24, 2.45) is 0 Å². The molecule has 0 saturated heterocycles. The summed E-state index contributed by atoms with van der Waals surface area (Å²) in [6.07, 6.45) is 3.19. The van der Waals surface area contributed by atoms with Crippen molar-refractivity contribution in [2.75, 3.05) is 0 Å². The fraction of sp³-hybridized carbons (Fsp3) is 0. The van der Waals surface area contributed by atoms with Gasteiger partial charge in [0, 0.05) is 8.95 Å². The van der Waals surface area contributed by atoms with Crippen molar-refractivity contribution in [1.29, 1.82) is 0 Å². The van der Waals surface area contributed by atoms with Gasteiger partial charge in [-0.15, -0.1) is 0 Å². The number of nitrogens with zero attached hydrogens (tertiary/aromatic N) is 1. The summed E-state index contributed by atoms with van der Waals surface area (Å²) in [7, 11) is 0. The van der Waals surface area contributed by atoms with E-state index in [1.165, 1.54) is 0 Å². The van der Waals surface area contributed by atoms with Crippen molar-refractivity contribution in [1.82, 2.24) is 4.98 Å². The van der Waals surface area contributed by atoms with Crippen molar-refractivity contribution in [3.8, 4) is 11.5 Å². The van der Waals surface area contributed by atoms with E-state index in [1.54, 1.807) is 12.5 Å². The van der Waals surface area contributed by atoms with Gasteiger partial charge in [0.15, 0.2) is 0 Å². The lowest BCUT2D eigenvalue weighted by Gasteiger charge is -2.00. The van der Waals surface area contributed by atoms with Gasteiger partial charge in [-0.05, 0) is 44.0 Å². The third-order valence-corrected chi connectivity index (χ3v) is 3.66. The molecule has 0 bridgehead atoms. The summed E-state index contributed by atoms with van der Waals surface area (Å²) >= 11 is 6.87. The highest BCUT2D eigenvalue weighted by Crippen LogP contribution is 2.32. The summed E-state index contributed by atoms with van der Waals surface area (Å²) in [5.74, 6) is 0.619. The first-order valence-electron chi connectivity index (χ1n) is 3.63. The molecule has 0 N–H and O–H groups in total. The second kappa shape index (κ2) is 3.64. The first-order chi connectivity index (χ1) is 6.29. The number of benzene rings is 1. The Morgan fingerprint density at radius 2 is 2.08 bits per heavy atom. The van der Waals surface area contributed by atoms with Crippen LogP contribution in [0.15, 0.2) is 44.0 Å². The molecule has 1 heterocycles. The lowest BCUT2D eigenvalue weighted by Crippen LogP contribution is -1.79. The van der Waals surface area contributed by atoms with Crippen LogP contribution in [0.5, 0.6) is 0 Å². The molecule has 0 spiro atoms. The highest BCUT2D eigenvalue weighted by Gasteiger charge is 2.08. The number of oxazole rings is 1. The molecule has 0 radical (unpaired) electrons. The molecule has 4 heteroatoms. The molecule has 0 saturated carbocycles. The van der Waals surface area contributed by atoms with Gasteiger partial charge in [-0.3, -0.25) is 0 Å². The van der Waals surface area contributed by atoms with E-state index in [4.69, 9.17) is 4.42 Å². The van der Waals surface area contributed by atoms with E-state index in [9.17, 15) is 0 Å². The van der Waals surface area contributed by atoms with Crippen LogP contribution in [0.25, 0.3) is 11.5 Å². The van der Waals surface area contributed by atoms with E-state index in [2.05, 4.69) is 36.8 Å². The Labute approximate surface area is 92.2 Å². The van der Waals surface area contributed by atoms with Crippen molar-refractivity contribution in [3.05, 3.63) is 39.6 Å². The largest absolute Gasteiger partial charge is 0.444 e. The normalized spacial score (nSPS) is 10.3. The van der Waals surface area contributed by atoms with Crippen LogP contribution in [0, 0.1) is 0 Å². The van der Waals surface area contributed by atoms with Crippen molar-refractivity contribution < 1.29 is 4.42 Å². The minimum absolute atomic E-state index is 0.619. The maximum absolute atomic E-state index is 5.19. The van der Waals surface area contributed by atoms with Gasteiger partial charge in [0.2, 0.25) is 5.89 Å². The summed E-state index contributed by atoms with van der Waals surface area (Å²) < 4.78 is 7.14. The van der Waals surface area contributed by atoms with Crippen LogP contribution in [0.1, 0.15) is 0 Å². The predicted octanol–water partition coefficient (Wildman–Crippen LogP) is 3.87. The number of hydrogen-bond acceptors (Lipinski definition) is 2. The highest BCUT2D eigenvalue weighted by molar-refractivity contribution is 9.13. The Kier molecular flexibility index (Phi) is 2.51. The van der Waals surface area contributed by atoms with Crippen LogP contribution < -0.4 is 0 Å². The van der Waals surface area contributed by atoms with E-state index < -0.39 is 0 Å². The lowest BCUT2D eigenvalue weighted by atomic mass is 10.2. The van der Waals surface area contributed by atoms with Gasteiger partial charge in [-0.1, -0.05) is 6.07 Å². The fourth-order valence-electron chi connectivity index (χ4n) is 1.03. The van der Waals surface area contributed by atoms with Gasteiger partial charge >= 0.3 is 0 Å². The van der Waals surface area contributed by atoms with Gasteiger partial charge in [0.25, 0.3) is 0 Å². The smallest absolute Gasteiger partial charge is 0.227 e. The van der Waals surface area contributed by atoms with Gasteiger partial charge < -0.3 is 4.42 Å². The van der Waals surface area contributed by atoms with Crippen LogP contribution in [0.3, 0.4) is 0 Å². The summed E-state index contributed by atoms with van der Waals surface area (Å²) in [4.78, 5) is 4.07. The molecule has 2 aromatic rings. The van der Waals surface area contributed by atoms with Crippen LogP contribution >= 0.6 is 31.9 Å². The van der Waals surface area contributed by atoms with Crippen molar-refractivity contribution >= 4 is 31.9 Å². The zero-order valence-electron chi connectivity index (χ0n) is 6.50. The molecule has 0 aliphatic heterocycles. The Bertz CT molecular complexity index is 412. The second-order valence-electron chi connectivity index (χ2n) is 2.44. The third kappa shape index (κ3) is 1.69. The van der Waals surface area contributed by atoms with Gasteiger partial charge in [-0.2, -0.15) is 0 Å². The molecule has 0 aliphatic rings. The minimum Gasteiger partial charge on any atom is -0.444 e. The molecule has 2 rings (SSSR count). The quantitative estimate of drug-likeness (QED) is 0.799. The summed E-state index contributed by atoms with van der Waals surface area (Å²) in [6.45, 7) is 0. The molecule has 0 fully saturated rings. The van der Waals surface area contributed by atoms with Gasteiger partial charge in [0.1, 0.15) is 6.26 Å². The van der Waals surface area contributed by atoms with E-state index >= 15 is 0 Å². The Balaban J connectivity index is 2.59. The molecule has 0 aliphatic carbocycles. The molecule has 0 atom stereocenters. The fourth-order valence-corrected chi connectivity index (χ4v) is 1.83. The Morgan fingerprint density at radius 3 is 2.77 bits per heavy atom. The van der Waals surface area contributed by atoms with Gasteiger partial charge in [0.05, 0.1) is 11.8 Å². The van der Waals surface area contributed by atoms with Crippen LogP contribution in [0.2, 0.25) is 0 Å². The number of rotatable bonds is 1. The SMILES string of the molecule is Brc1cccc(-c2ncco2)c1Br. The molecular weight excluding hydrogens is 298 g/mol. The first-order valence-corrected chi connectivity index (χ1v) is 5.21. The Hall–Kier alpha value is -0.610. The number of aromatic nitrogens is 1. The average molecular weight is 303 g/mol. The molecule has 13 heavy (non-hydrogen) atoms. The molecule has 0 unspecified atom stereocenters. The van der Waals surface area contributed by atoms with E-state index in [-0.39, 0.29) is 0 Å². The highest BCUT2D eigenvalue weighted by atomic mass is 79.9. The van der Waals surface area contributed by atoms with Crippen molar-refractivity contribution in [3.63, 3.8) is 0 Å². The van der Waals surface area contributed by atoms with E-state index in [1.807, 2.05) is 18.2 Å². The summed E-state index contributed by atoms with van der Waals surface area (Å²) in [5.41, 5.74) is 0.944. The summed E-state index contributed by atoms with van der Waals surface area (Å²) in [6, 6.07) is 5.84. The standard InChI is InChI=1S/C9H5Br2NO/c10-7-3-1-2-6(8(7)11)9-12-4-5-13-9/h1-5H.